The van der Waals surface area contributed by atoms with Gasteiger partial charge in [0.1, 0.15) is 6.61 Å². The highest BCUT2D eigenvalue weighted by Gasteiger charge is 2.29. The van der Waals surface area contributed by atoms with Gasteiger partial charge in [-0.1, -0.05) is 36.4 Å². The quantitative estimate of drug-likeness (QED) is 0.728. The van der Waals surface area contributed by atoms with E-state index in [1.807, 2.05) is 36.4 Å². The number of hydrogen-bond donors (Lipinski definition) is 0. The first-order chi connectivity index (χ1) is 11.3. The number of benzene rings is 3. The number of rotatable bonds is 4. The number of anilines is 1. The minimum absolute atomic E-state index is 0.0334. The lowest BCUT2D eigenvalue weighted by Crippen LogP contribution is -2.31. The molecule has 0 atom stereocenters. The molecule has 0 saturated carbocycles. The number of amides is 1. The first-order valence-electron chi connectivity index (χ1n) is 7.46. The lowest BCUT2D eigenvalue weighted by atomic mass is 10.1. The average Bonchev–Trinajstić information content (AvgIpc) is 2.85. The van der Waals surface area contributed by atoms with Gasteiger partial charge in [-0.2, -0.15) is 0 Å². The molecule has 3 aromatic carbocycles. The van der Waals surface area contributed by atoms with Gasteiger partial charge in [-0.25, -0.2) is 4.39 Å². The zero-order valence-electron chi connectivity index (χ0n) is 12.3. The minimum Gasteiger partial charge on any atom is -0.489 e. The van der Waals surface area contributed by atoms with Crippen LogP contribution in [0.4, 0.5) is 10.1 Å². The van der Waals surface area contributed by atoms with E-state index >= 15 is 0 Å². The molecule has 0 N–H and O–H groups in total. The van der Waals surface area contributed by atoms with E-state index in [4.69, 9.17) is 4.74 Å². The SMILES string of the molecule is O=C1c2cccc3cccc(c23)N1CCOc1ccccc1F. The molecule has 0 bridgehead atoms. The van der Waals surface area contributed by atoms with E-state index < -0.39 is 5.82 Å². The molecule has 0 fully saturated rings. The summed E-state index contributed by atoms with van der Waals surface area (Å²) < 4.78 is 19.0. The van der Waals surface area contributed by atoms with E-state index in [0.29, 0.717) is 12.1 Å². The van der Waals surface area contributed by atoms with Gasteiger partial charge in [0.05, 0.1) is 12.2 Å². The second-order valence-corrected chi connectivity index (χ2v) is 5.42. The van der Waals surface area contributed by atoms with Crippen molar-refractivity contribution in [1.82, 2.24) is 0 Å². The maximum Gasteiger partial charge on any atom is 0.259 e. The molecule has 0 aromatic heterocycles. The van der Waals surface area contributed by atoms with Gasteiger partial charge in [0.15, 0.2) is 11.6 Å². The third kappa shape index (κ3) is 2.23. The smallest absolute Gasteiger partial charge is 0.259 e. The molecule has 1 aliphatic heterocycles. The molecule has 1 amide bonds. The van der Waals surface area contributed by atoms with Gasteiger partial charge in [-0.05, 0) is 29.7 Å². The number of halogens is 1. The number of ether oxygens (including phenoxy) is 1. The number of hydrogen-bond acceptors (Lipinski definition) is 2. The van der Waals surface area contributed by atoms with Crippen LogP contribution in [0.15, 0.2) is 60.7 Å². The fourth-order valence-corrected chi connectivity index (χ4v) is 3.01. The molecule has 1 heterocycles. The van der Waals surface area contributed by atoms with Gasteiger partial charge >= 0.3 is 0 Å². The molecule has 3 nitrogen and oxygen atoms in total. The van der Waals surface area contributed by atoms with Crippen LogP contribution in [-0.4, -0.2) is 19.1 Å². The Kier molecular flexibility index (Phi) is 3.23. The Bertz CT molecular complexity index is 902. The lowest BCUT2D eigenvalue weighted by Gasteiger charge is -2.18. The highest BCUT2D eigenvalue weighted by atomic mass is 19.1. The summed E-state index contributed by atoms with van der Waals surface area (Å²) >= 11 is 0. The minimum atomic E-state index is -0.398. The molecular weight excluding hydrogens is 293 g/mol. The Morgan fingerprint density at radius 1 is 0.957 bits per heavy atom. The summed E-state index contributed by atoms with van der Waals surface area (Å²) in [4.78, 5) is 14.3. The number of para-hydroxylation sites is 1. The Morgan fingerprint density at radius 2 is 1.74 bits per heavy atom. The van der Waals surface area contributed by atoms with Gasteiger partial charge < -0.3 is 9.64 Å². The van der Waals surface area contributed by atoms with Gasteiger partial charge in [-0.15, -0.1) is 0 Å². The van der Waals surface area contributed by atoms with E-state index in [2.05, 4.69) is 0 Å². The first kappa shape index (κ1) is 13.8. The summed E-state index contributed by atoms with van der Waals surface area (Å²) in [6.45, 7) is 0.609. The molecule has 23 heavy (non-hydrogen) atoms. The third-order valence-corrected chi connectivity index (χ3v) is 4.06. The number of carbonyl (C=O) groups excluding carboxylic acids is 1. The van der Waals surface area contributed by atoms with Crippen molar-refractivity contribution < 1.29 is 13.9 Å². The molecule has 4 heteroatoms. The van der Waals surface area contributed by atoms with Crippen LogP contribution < -0.4 is 9.64 Å². The van der Waals surface area contributed by atoms with E-state index in [1.54, 1.807) is 23.1 Å². The van der Waals surface area contributed by atoms with Crippen LogP contribution in [-0.2, 0) is 0 Å². The standard InChI is InChI=1S/C19H14FNO2/c20-15-8-1-2-10-17(15)23-12-11-21-16-9-4-6-13-5-3-7-14(18(13)16)19(21)22/h1-10H,11-12H2. The summed E-state index contributed by atoms with van der Waals surface area (Å²) in [7, 11) is 0. The van der Waals surface area contributed by atoms with Crippen molar-refractivity contribution in [3.05, 3.63) is 72.0 Å². The topological polar surface area (TPSA) is 29.5 Å². The molecule has 0 saturated heterocycles. The van der Waals surface area contributed by atoms with E-state index in [1.165, 1.54) is 6.07 Å². The highest BCUT2D eigenvalue weighted by Crippen LogP contribution is 2.36. The third-order valence-electron chi connectivity index (χ3n) is 4.06. The van der Waals surface area contributed by atoms with Crippen molar-refractivity contribution in [2.45, 2.75) is 0 Å². The number of nitrogens with zero attached hydrogens (tertiary/aromatic N) is 1. The van der Waals surface area contributed by atoms with Crippen LogP contribution in [0, 0.1) is 5.82 Å². The maximum atomic E-state index is 13.6. The number of carbonyl (C=O) groups is 1. The van der Waals surface area contributed by atoms with Crippen LogP contribution in [0.3, 0.4) is 0 Å². The van der Waals surface area contributed by atoms with E-state index in [9.17, 15) is 9.18 Å². The fourth-order valence-electron chi connectivity index (χ4n) is 3.01. The molecule has 114 valence electrons. The second kappa shape index (κ2) is 5.39. The molecule has 4 rings (SSSR count). The Hall–Kier alpha value is -2.88. The van der Waals surface area contributed by atoms with Crippen LogP contribution in [0.5, 0.6) is 5.75 Å². The van der Waals surface area contributed by atoms with Crippen LogP contribution in [0.25, 0.3) is 10.8 Å². The van der Waals surface area contributed by atoms with Crippen LogP contribution in [0.1, 0.15) is 10.4 Å². The molecule has 0 aliphatic carbocycles. The first-order valence-corrected chi connectivity index (χ1v) is 7.46. The summed E-state index contributed by atoms with van der Waals surface area (Å²) in [5.41, 5.74) is 1.60. The van der Waals surface area contributed by atoms with Gasteiger partial charge in [0.25, 0.3) is 5.91 Å². The van der Waals surface area contributed by atoms with E-state index in [-0.39, 0.29) is 18.3 Å². The van der Waals surface area contributed by atoms with Crippen LogP contribution >= 0.6 is 0 Å². The molecule has 0 radical (unpaired) electrons. The predicted molar refractivity (Wildman–Crippen MR) is 87.5 cm³/mol. The maximum absolute atomic E-state index is 13.6. The largest absolute Gasteiger partial charge is 0.489 e. The Labute approximate surface area is 132 Å². The van der Waals surface area contributed by atoms with E-state index in [0.717, 1.165) is 16.5 Å². The van der Waals surface area contributed by atoms with Gasteiger partial charge in [0.2, 0.25) is 0 Å². The van der Waals surface area contributed by atoms with Crippen LogP contribution in [0.2, 0.25) is 0 Å². The van der Waals surface area contributed by atoms with Crippen molar-refractivity contribution in [3.63, 3.8) is 0 Å². The monoisotopic (exact) mass is 307 g/mol. The van der Waals surface area contributed by atoms with Gasteiger partial charge in [-0.3, -0.25) is 4.79 Å². The lowest BCUT2D eigenvalue weighted by molar-refractivity contribution is 0.0989. The zero-order valence-corrected chi connectivity index (χ0v) is 12.3. The molecular formula is C19H14FNO2. The Balaban J connectivity index is 1.56. The molecule has 0 spiro atoms. The summed E-state index contributed by atoms with van der Waals surface area (Å²) in [6.07, 6.45) is 0. The van der Waals surface area contributed by atoms with Gasteiger partial charge in [0, 0.05) is 10.9 Å². The predicted octanol–water partition coefficient (Wildman–Crippen LogP) is 4.02. The highest BCUT2D eigenvalue weighted by molar-refractivity contribution is 6.24. The molecule has 3 aromatic rings. The second-order valence-electron chi connectivity index (χ2n) is 5.42. The van der Waals surface area contributed by atoms with Crippen molar-refractivity contribution in [2.75, 3.05) is 18.1 Å². The van der Waals surface area contributed by atoms with Crippen molar-refractivity contribution in [3.8, 4) is 5.75 Å². The molecule has 1 aliphatic rings. The average molecular weight is 307 g/mol. The summed E-state index contributed by atoms with van der Waals surface area (Å²) in [6, 6.07) is 17.8. The van der Waals surface area contributed by atoms with Crippen molar-refractivity contribution >= 4 is 22.4 Å². The molecule has 0 unspecified atom stereocenters. The van der Waals surface area contributed by atoms with Crippen molar-refractivity contribution in [2.24, 2.45) is 0 Å². The fraction of sp³-hybridized carbons (Fsp3) is 0.105. The normalized spacial score (nSPS) is 12.9. The van der Waals surface area contributed by atoms with Crippen molar-refractivity contribution in [1.29, 1.82) is 0 Å². The zero-order chi connectivity index (χ0) is 15.8. The summed E-state index contributed by atoms with van der Waals surface area (Å²) in [5.74, 6) is -0.227. The Morgan fingerprint density at radius 3 is 2.57 bits per heavy atom. The summed E-state index contributed by atoms with van der Waals surface area (Å²) in [5, 5.41) is 2.02.